The second-order valence-corrected chi connectivity index (χ2v) is 6.06. The van der Waals surface area contributed by atoms with Crippen molar-refractivity contribution >= 4 is 16.9 Å². The second-order valence-electron chi connectivity index (χ2n) is 6.06. The predicted octanol–water partition coefficient (Wildman–Crippen LogP) is 3.85. The van der Waals surface area contributed by atoms with Crippen LogP contribution in [0.3, 0.4) is 0 Å². The first kappa shape index (κ1) is 16.0. The molecule has 122 valence electrons. The topological polar surface area (TPSA) is 46.9 Å². The standard InChI is InChI=1S/C20H21N3O/c1-14(2)13-23-18-11-7-6-10-17(18)22-19(23)12-21-20(24)16-9-5-4-8-15(16)3/h4-11H,1,12-13H2,2-3H3,(H,21,24). The van der Waals surface area contributed by atoms with Crippen molar-refractivity contribution in [1.29, 1.82) is 0 Å². The molecule has 1 aromatic heterocycles. The van der Waals surface area contributed by atoms with Crippen LogP contribution in [0.4, 0.5) is 0 Å². The number of para-hydroxylation sites is 2. The van der Waals surface area contributed by atoms with Gasteiger partial charge in [-0.05, 0) is 37.6 Å². The molecule has 3 aromatic rings. The second kappa shape index (κ2) is 6.71. The Kier molecular flexibility index (Phi) is 4.47. The average Bonchev–Trinajstić information content (AvgIpc) is 2.90. The molecule has 1 N–H and O–H groups in total. The molecule has 1 heterocycles. The summed E-state index contributed by atoms with van der Waals surface area (Å²) in [6.45, 7) is 9.00. The number of carbonyl (C=O) groups is 1. The van der Waals surface area contributed by atoms with Gasteiger partial charge in [0.25, 0.3) is 5.91 Å². The van der Waals surface area contributed by atoms with Crippen LogP contribution < -0.4 is 5.32 Å². The van der Waals surface area contributed by atoms with Crippen LogP contribution in [0.2, 0.25) is 0 Å². The summed E-state index contributed by atoms with van der Waals surface area (Å²) in [6, 6.07) is 15.6. The summed E-state index contributed by atoms with van der Waals surface area (Å²) < 4.78 is 2.11. The molecule has 4 nitrogen and oxygen atoms in total. The van der Waals surface area contributed by atoms with E-state index in [0.717, 1.165) is 28.0 Å². The van der Waals surface area contributed by atoms with Gasteiger partial charge in [-0.1, -0.05) is 42.5 Å². The third-order valence-corrected chi connectivity index (χ3v) is 3.96. The lowest BCUT2D eigenvalue weighted by atomic mass is 10.1. The molecular weight excluding hydrogens is 298 g/mol. The number of hydrogen-bond donors (Lipinski definition) is 1. The molecule has 0 radical (unpaired) electrons. The van der Waals surface area contributed by atoms with E-state index in [1.807, 2.05) is 62.4 Å². The van der Waals surface area contributed by atoms with E-state index in [-0.39, 0.29) is 5.91 Å². The van der Waals surface area contributed by atoms with Gasteiger partial charge in [-0.3, -0.25) is 4.79 Å². The van der Waals surface area contributed by atoms with Gasteiger partial charge >= 0.3 is 0 Å². The minimum Gasteiger partial charge on any atom is -0.345 e. The Morgan fingerprint density at radius 1 is 1.17 bits per heavy atom. The van der Waals surface area contributed by atoms with Crippen molar-refractivity contribution in [2.24, 2.45) is 0 Å². The molecular formula is C20H21N3O. The van der Waals surface area contributed by atoms with Crippen LogP contribution >= 0.6 is 0 Å². The molecule has 0 aliphatic rings. The van der Waals surface area contributed by atoms with Gasteiger partial charge in [0, 0.05) is 12.1 Å². The molecule has 1 amide bonds. The number of allylic oxidation sites excluding steroid dienone is 1. The molecule has 0 aliphatic carbocycles. The highest BCUT2D eigenvalue weighted by Crippen LogP contribution is 2.17. The average molecular weight is 319 g/mol. The van der Waals surface area contributed by atoms with Crippen molar-refractivity contribution in [3.8, 4) is 0 Å². The van der Waals surface area contributed by atoms with Gasteiger partial charge < -0.3 is 9.88 Å². The Morgan fingerprint density at radius 3 is 2.62 bits per heavy atom. The summed E-state index contributed by atoms with van der Waals surface area (Å²) in [5.74, 6) is 0.753. The number of rotatable bonds is 5. The van der Waals surface area contributed by atoms with Crippen LogP contribution in [-0.2, 0) is 13.1 Å². The highest BCUT2D eigenvalue weighted by atomic mass is 16.1. The monoisotopic (exact) mass is 319 g/mol. The molecule has 0 fully saturated rings. The summed E-state index contributed by atoms with van der Waals surface area (Å²) in [6.07, 6.45) is 0. The highest BCUT2D eigenvalue weighted by Gasteiger charge is 2.13. The largest absolute Gasteiger partial charge is 0.345 e. The summed E-state index contributed by atoms with van der Waals surface area (Å²) in [4.78, 5) is 17.1. The minimum atomic E-state index is -0.0815. The number of nitrogens with one attached hydrogen (secondary N) is 1. The molecule has 0 bridgehead atoms. The predicted molar refractivity (Wildman–Crippen MR) is 96.9 cm³/mol. The number of imidazole rings is 1. The fraction of sp³-hybridized carbons (Fsp3) is 0.200. The molecule has 0 saturated carbocycles. The third-order valence-electron chi connectivity index (χ3n) is 3.96. The lowest BCUT2D eigenvalue weighted by Crippen LogP contribution is -2.25. The SMILES string of the molecule is C=C(C)Cn1c(CNC(=O)c2ccccc2C)nc2ccccc21. The molecule has 0 aliphatic heterocycles. The van der Waals surface area contributed by atoms with Crippen LogP contribution in [-0.4, -0.2) is 15.5 Å². The molecule has 2 aromatic carbocycles. The first-order valence-corrected chi connectivity index (χ1v) is 7.98. The Labute approximate surface area is 141 Å². The Hall–Kier alpha value is -2.88. The zero-order valence-corrected chi connectivity index (χ0v) is 14.0. The molecule has 24 heavy (non-hydrogen) atoms. The molecule has 0 atom stereocenters. The zero-order chi connectivity index (χ0) is 17.1. The summed E-state index contributed by atoms with van der Waals surface area (Å²) in [5.41, 5.74) is 4.69. The molecule has 0 unspecified atom stereocenters. The van der Waals surface area contributed by atoms with Gasteiger partial charge in [0.2, 0.25) is 0 Å². The van der Waals surface area contributed by atoms with E-state index in [1.165, 1.54) is 0 Å². The van der Waals surface area contributed by atoms with Gasteiger partial charge in [0.15, 0.2) is 0 Å². The number of benzene rings is 2. The van der Waals surface area contributed by atoms with Gasteiger partial charge in [-0.15, -0.1) is 0 Å². The maximum Gasteiger partial charge on any atom is 0.251 e. The van der Waals surface area contributed by atoms with E-state index in [9.17, 15) is 4.79 Å². The Morgan fingerprint density at radius 2 is 1.88 bits per heavy atom. The lowest BCUT2D eigenvalue weighted by molar-refractivity contribution is 0.0949. The Balaban J connectivity index is 1.86. The highest BCUT2D eigenvalue weighted by molar-refractivity contribution is 5.95. The van der Waals surface area contributed by atoms with Gasteiger partial charge in [-0.25, -0.2) is 4.98 Å². The smallest absolute Gasteiger partial charge is 0.251 e. The number of amides is 1. The van der Waals surface area contributed by atoms with E-state index < -0.39 is 0 Å². The molecule has 0 spiro atoms. The number of aryl methyl sites for hydroxylation is 1. The Bertz CT molecular complexity index is 908. The quantitative estimate of drug-likeness (QED) is 0.726. The number of fused-ring (bicyclic) bond motifs is 1. The summed E-state index contributed by atoms with van der Waals surface area (Å²) in [5, 5.41) is 2.98. The number of hydrogen-bond acceptors (Lipinski definition) is 2. The van der Waals surface area contributed by atoms with Crippen LogP contribution in [0.25, 0.3) is 11.0 Å². The maximum absolute atomic E-state index is 12.4. The number of carbonyl (C=O) groups excluding carboxylic acids is 1. The van der Waals surface area contributed by atoms with Crippen LogP contribution in [0.5, 0.6) is 0 Å². The fourth-order valence-corrected chi connectivity index (χ4v) is 2.79. The molecule has 3 rings (SSSR count). The van der Waals surface area contributed by atoms with E-state index in [2.05, 4.69) is 21.4 Å². The van der Waals surface area contributed by atoms with Crippen LogP contribution in [0.15, 0.2) is 60.7 Å². The van der Waals surface area contributed by atoms with Crippen LogP contribution in [0, 0.1) is 6.92 Å². The first-order chi connectivity index (χ1) is 11.6. The van der Waals surface area contributed by atoms with E-state index in [4.69, 9.17) is 0 Å². The maximum atomic E-state index is 12.4. The van der Waals surface area contributed by atoms with Crippen LogP contribution in [0.1, 0.15) is 28.7 Å². The lowest BCUT2D eigenvalue weighted by Gasteiger charge is -2.11. The van der Waals surface area contributed by atoms with Crippen molar-refractivity contribution in [2.45, 2.75) is 26.9 Å². The number of aromatic nitrogens is 2. The minimum absolute atomic E-state index is 0.0815. The van der Waals surface area contributed by atoms with Crippen molar-refractivity contribution in [3.05, 3.63) is 77.6 Å². The normalized spacial score (nSPS) is 10.8. The van der Waals surface area contributed by atoms with E-state index in [0.29, 0.717) is 18.7 Å². The third kappa shape index (κ3) is 3.23. The fourth-order valence-electron chi connectivity index (χ4n) is 2.79. The van der Waals surface area contributed by atoms with Gasteiger partial charge in [0.1, 0.15) is 5.82 Å². The van der Waals surface area contributed by atoms with Gasteiger partial charge in [0.05, 0.1) is 17.6 Å². The zero-order valence-electron chi connectivity index (χ0n) is 14.0. The molecule has 4 heteroatoms. The number of nitrogens with zero attached hydrogens (tertiary/aromatic N) is 2. The van der Waals surface area contributed by atoms with Crippen molar-refractivity contribution < 1.29 is 4.79 Å². The van der Waals surface area contributed by atoms with Crippen molar-refractivity contribution in [3.63, 3.8) is 0 Å². The molecule has 0 saturated heterocycles. The van der Waals surface area contributed by atoms with Crippen molar-refractivity contribution in [1.82, 2.24) is 14.9 Å². The van der Waals surface area contributed by atoms with Gasteiger partial charge in [-0.2, -0.15) is 0 Å². The van der Waals surface area contributed by atoms with E-state index in [1.54, 1.807) is 0 Å². The first-order valence-electron chi connectivity index (χ1n) is 7.98. The van der Waals surface area contributed by atoms with E-state index >= 15 is 0 Å². The summed E-state index contributed by atoms with van der Waals surface area (Å²) >= 11 is 0. The van der Waals surface area contributed by atoms with Crippen molar-refractivity contribution in [2.75, 3.05) is 0 Å². The summed E-state index contributed by atoms with van der Waals surface area (Å²) in [7, 11) is 0.